The zero-order valence-electron chi connectivity index (χ0n) is 22.6. The van der Waals surface area contributed by atoms with Gasteiger partial charge in [0.05, 0.1) is 24.6 Å². The quantitative estimate of drug-likeness (QED) is 0.191. The lowest BCUT2D eigenvalue weighted by molar-refractivity contribution is -0.111. The Bertz CT molecular complexity index is 1440. The molecule has 4 aromatic rings. The summed E-state index contributed by atoms with van der Waals surface area (Å²) in [5, 5.41) is 5.74. The topological polar surface area (TPSA) is 85.9 Å². The molecule has 0 atom stereocenters. The fraction of sp³-hybridized carbons (Fsp3) is 0.152. The van der Waals surface area contributed by atoms with Crippen molar-refractivity contribution in [2.45, 2.75) is 20.5 Å². The van der Waals surface area contributed by atoms with Crippen LogP contribution >= 0.6 is 0 Å². The van der Waals surface area contributed by atoms with Crippen LogP contribution in [-0.4, -0.2) is 25.0 Å². The van der Waals surface area contributed by atoms with Crippen LogP contribution in [0.3, 0.4) is 0 Å². The second kappa shape index (κ2) is 14.2. The highest BCUT2D eigenvalue weighted by Crippen LogP contribution is 2.37. The molecule has 2 N–H and O–H groups in total. The maximum atomic E-state index is 12.8. The van der Waals surface area contributed by atoms with Crippen molar-refractivity contribution in [3.8, 4) is 17.2 Å². The van der Waals surface area contributed by atoms with E-state index in [1.54, 1.807) is 42.5 Å². The van der Waals surface area contributed by atoms with E-state index >= 15 is 0 Å². The van der Waals surface area contributed by atoms with Crippen LogP contribution in [0.25, 0.3) is 6.08 Å². The van der Waals surface area contributed by atoms with Crippen LogP contribution in [0, 0.1) is 0 Å². The molecule has 7 nitrogen and oxygen atoms in total. The smallest absolute Gasteiger partial charge is 0.255 e. The molecule has 204 valence electrons. The lowest BCUT2D eigenvalue weighted by atomic mass is 10.2. The van der Waals surface area contributed by atoms with Crippen molar-refractivity contribution >= 4 is 29.3 Å². The second-order valence-corrected chi connectivity index (χ2v) is 8.70. The van der Waals surface area contributed by atoms with E-state index in [-0.39, 0.29) is 11.8 Å². The fourth-order valence-electron chi connectivity index (χ4n) is 3.85. The van der Waals surface area contributed by atoms with Gasteiger partial charge in [-0.1, -0.05) is 60.7 Å². The molecule has 0 fully saturated rings. The van der Waals surface area contributed by atoms with E-state index in [1.807, 2.05) is 74.5 Å². The first-order valence-electron chi connectivity index (χ1n) is 13.1. The second-order valence-electron chi connectivity index (χ2n) is 8.70. The van der Waals surface area contributed by atoms with E-state index in [2.05, 4.69) is 10.6 Å². The Hall–Kier alpha value is -5.04. The molecule has 0 aliphatic heterocycles. The van der Waals surface area contributed by atoms with Crippen LogP contribution in [0.1, 0.15) is 35.3 Å². The van der Waals surface area contributed by atoms with Crippen molar-refractivity contribution in [1.82, 2.24) is 0 Å². The Kier molecular flexibility index (Phi) is 9.94. The highest BCUT2D eigenvalue weighted by Gasteiger charge is 2.16. The van der Waals surface area contributed by atoms with Gasteiger partial charge in [-0.05, 0) is 55.3 Å². The predicted octanol–water partition coefficient (Wildman–Crippen LogP) is 6.97. The minimum atomic E-state index is -0.339. The molecule has 7 heteroatoms. The van der Waals surface area contributed by atoms with Gasteiger partial charge in [-0.2, -0.15) is 0 Å². The van der Waals surface area contributed by atoms with Crippen LogP contribution in [-0.2, 0) is 11.4 Å². The highest BCUT2D eigenvalue weighted by molar-refractivity contribution is 6.06. The summed E-state index contributed by atoms with van der Waals surface area (Å²) in [5.41, 5.74) is 3.33. The van der Waals surface area contributed by atoms with Gasteiger partial charge in [-0.3, -0.25) is 9.59 Å². The summed E-state index contributed by atoms with van der Waals surface area (Å²) < 4.78 is 17.4. The Morgan fingerprint density at radius 3 is 1.88 bits per heavy atom. The van der Waals surface area contributed by atoms with Crippen LogP contribution in [0.4, 0.5) is 11.4 Å². The molecule has 0 unspecified atom stereocenters. The number of hydrogen-bond donors (Lipinski definition) is 2. The summed E-state index contributed by atoms with van der Waals surface area (Å²) in [6.07, 6.45) is 3.16. The molecule has 0 aromatic heterocycles. The van der Waals surface area contributed by atoms with Gasteiger partial charge in [0.15, 0.2) is 0 Å². The average Bonchev–Trinajstić information content (AvgIpc) is 2.98. The monoisotopic (exact) mass is 536 g/mol. The molecule has 0 aliphatic carbocycles. The molecule has 0 spiro atoms. The predicted molar refractivity (Wildman–Crippen MR) is 158 cm³/mol. The number of amides is 2. The first-order valence-corrected chi connectivity index (χ1v) is 13.1. The fourth-order valence-corrected chi connectivity index (χ4v) is 3.85. The zero-order chi connectivity index (χ0) is 28.2. The van der Waals surface area contributed by atoms with E-state index in [4.69, 9.17) is 14.2 Å². The molecule has 0 radical (unpaired) electrons. The maximum absolute atomic E-state index is 12.8. The van der Waals surface area contributed by atoms with Crippen molar-refractivity contribution in [2.24, 2.45) is 0 Å². The number of hydrogen-bond acceptors (Lipinski definition) is 5. The van der Waals surface area contributed by atoms with E-state index in [0.717, 1.165) is 16.9 Å². The summed E-state index contributed by atoms with van der Waals surface area (Å²) in [6, 6.07) is 29.6. The van der Waals surface area contributed by atoms with Crippen LogP contribution in [0.2, 0.25) is 0 Å². The lowest BCUT2D eigenvalue weighted by Crippen LogP contribution is -2.14. The normalized spacial score (nSPS) is 10.7. The van der Waals surface area contributed by atoms with Gasteiger partial charge >= 0.3 is 0 Å². The van der Waals surface area contributed by atoms with E-state index in [9.17, 15) is 9.59 Å². The van der Waals surface area contributed by atoms with Crippen LogP contribution in [0.5, 0.6) is 17.2 Å². The average molecular weight is 537 g/mol. The minimum absolute atomic E-state index is 0.278. The number of rotatable bonds is 12. The summed E-state index contributed by atoms with van der Waals surface area (Å²) in [5.74, 6) is 0.959. The van der Waals surface area contributed by atoms with Gasteiger partial charge in [-0.25, -0.2) is 0 Å². The molecule has 4 rings (SSSR count). The number of anilines is 2. The molecule has 4 aromatic carbocycles. The molecule has 0 heterocycles. The Labute approximate surface area is 234 Å². The summed E-state index contributed by atoms with van der Waals surface area (Å²) in [6.45, 7) is 4.92. The third kappa shape index (κ3) is 7.98. The van der Waals surface area contributed by atoms with Crippen molar-refractivity contribution in [3.63, 3.8) is 0 Å². The lowest BCUT2D eigenvalue weighted by Gasteiger charge is -2.17. The third-order valence-corrected chi connectivity index (χ3v) is 5.78. The zero-order valence-corrected chi connectivity index (χ0v) is 22.6. The number of nitrogens with one attached hydrogen (secondary N) is 2. The number of benzene rings is 4. The Morgan fingerprint density at radius 2 is 1.27 bits per heavy atom. The largest absolute Gasteiger partial charge is 0.492 e. The standard InChI is InChI=1S/C33H32N2O5/c1-3-38-30-22-29(35-33(37)26-13-9-6-10-14-26)31(39-4-2)21-28(30)34-32(36)20-17-24-15-18-27(19-16-24)40-23-25-11-7-5-8-12-25/h5-22H,3-4,23H2,1-2H3,(H,34,36)(H,35,37)/b20-17+. The molecule has 0 saturated heterocycles. The van der Waals surface area contributed by atoms with Gasteiger partial charge in [-0.15, -0.1) is 0 Å². The van der Waals surface area contributed by atoms with E-state index in [1.165, 1.54) is 6.08 Å². The summed E-state index contributed by atoms with van der Waals surface area (Å²) >= 11 is 0. The van der Waals surface area contributed by atoms with E-state index < -0.39 is 0 Å². The first kappa shape index (κ1) is 28.0. The van der Waals surface area contributed by atoms with Crippen molar-refractivity contribution in [1.29, 1.82) is 0 Å². The molecular weight excluding hydrogens is 504 g/mol. The molecule has 0 aliphatic rings. The SMILES string of the molecule is CCOc1cc(NC(=O)c2ccccc2)c(OCC)cc1NC(=O)/C=C/c1ccc(OCc2ccccc2)cc1. The highest BCUT2D eigenvalue weighted by atomic mass is 16.5. The summed E-state index contributed by atoms with van der Waals surface area (Å²) in [4.78, 5) is 25.5. The first-order chi connectivity index (χ1) is 19.6. The van der Waals surface area contributed by atoms with Gasteiger partial charge < -0.3 is 24.8 Å². The molecule has 0 saturated carbocycles. The van der Waals surface area contributed by atoms with Crippen LogP contribution < -0.4 is 24.8 Å². The Morgan fingerprint density at radius 1 is 0.700 bits per heavy atom. The number of carbonyl (C=O) groups excluding carboxylic acids is 2. The van der Waals surface area contributed by atoms with E-state index in [0.29, 0.717) is 48.3 Å². The maximum Gasteiger partial charge on any atom is 0.255 e. The molecule has 2 amide bonds. The van der Waals surface area contributed by atoms with Gasteiger partial charge in [0.1, 0.15) is 23.9 Å². The van der Waals surface area contributed by atoms with Crippen molar-refractivity contribution in [3.05, 3.63) is 120 Å². The minimum Gasteiger partial charge on any atom is -0.492 e. The third-order valence-electron chi connectivity index (χ3n) is 5.78. The Balaban J connectivity index is 1.44. The van der Waals surface area contributed by atoms with Crippen LogP contribution in [0.15, 0.2) is 103 Å². The molecular formula is C33H32N2O5. The van der Waals surface area contributed by atoms with Crippen molar-refractivity contribution < 1.29 is 23.8 Å². The molecule has 40 heavy (non-hydrogen) atoms. The molecule has 0 bridgehead atoms. The van der Waals surface area contributed by atoms with Gasteiger partial charge in [0.2, 0.25) is 5.91 Å². The van der Waals surface area contributed by atoms with Gasteiger partial charge in [0, 0.05) is 23.8 Å². The number of ether oxygens (including phenoxy) is 3. The van der Waals surface area contributed by atoms with Gasteiger partial charge in [0.25, 0.3) is 5.91 Å². The summed E-state index contributed by atoms with van der Waals surface area (Å²) in [7, 11) is 0. The van der Waals surface area contributed by atoms with Crippen molar-refractivity contribution in [2.75, 3.05) is 23.8 Å². The number of carbonyl (C=O) groups is 2.